The van der Waals surface area contributed by atoms with Crippen molar-refractivity contribution in [2.75, 3.05) is 5.73 Å². The lowest BCUT2D eigenvalue weighted by Crippen LogP contribution is -2.05. The van der Waals surface area contributed by atoms with Crippen LogP contribution in [0.3, 0.4) is 0 Å². The number of rotatable bonds is 3. The van der Waals surface area contributed by atoms with Crippen LogP contribution in [0.5, 0.6) is 0 Å². The van der Waals surface area contributed by atoms with Gasteiger partial charge in [-0.25, -0.2) is 4.68 Å². The van der Waals surface area contributed by atoms with Gasteiger partial charge < -0.3 is 5.73 Å². The van der Waals surface area contributed by atoms with Crippen molar-refractivity contribution in [3.63, 3.8) is 0 Å². The molecule has 0 spiro atoms. The first-order valence-electron chi connectivity index (χ1n) is 5.71. The molecule has 0 aliphatic rings. The van der Waals surface area contributed by atoms with Crippen LogP contribution in [-0.2, 0) is 0 Å². The number of anilines is 1. The second kappa shape index (κ2) is 5.00. The highest BCUT2D eigenvalue weighted by molar-refractivity contribution is 9.10. The van der Waals surface area contributed by atoms with Gasteiger partial charge in [-0.3, -0.25) is 10.1 Å². The molecule has 0 aliphatic heterocycles. The van der Waals surface area contributed by atoms with E-state index in [0.29, 0.717) is 16.0 Å². The van der Waals surface area contributed by atoms with Crippen molar-refractivity contribution in [3.8, 4) is 5.69 Å². The highest BCUT2D eigenvalue weighted by Crippen LogP contribution is 2.33. The maximum absolute atomic E-state index is 11.0. The molecule has 0 radical (unpaired) electrons. The third-order valence-corrected chi connectivity index (χ3v) is 3.55. The Bertz CT molecular complexity index is 637. The summed E-state index contributed by atoms with van der Waals surface area (Å²) in [7, 11) is 0. The van der Waals surface area contributed by atoms with E-state index in [-0.39, 0.29) is 11.6 Å². The molecule has 0 amide bonds. The molecular formula is C12H13BrN4O2. The normalized spacial score (nSPS) is 10.9. The van der Waals surface area contributed by atoms with Crippen molar-refractivity contribution in [1.29, 1.82) is 0 Å². The standard InChI is InChI=1S/C12H13BrN4O2/c1-7(2)11-10(13)12(14)16(15-11)8-5-3-4-6-9(8)17(18)19/h3-7H,14H2,1-2H3. The first-order valence-corrected chi connectivity index (χ1v) is 6.50. The van der Waals surface area contributed by atoms with E-state index in [9.17, 15) is 10.1 Å². The molecule has 0 atom stereocenters. The van der Waals surface area contributed by atoms with Crippen LogP contribution in [0, 0.1) is 10.1 Å². The highest BCUT2D eigenvalue weighted by Gasteiger charge is 2.21. The molecule has 7 heteroatoms. The van der Waals surface area contributed by atoms with Crippen LogP contribution in [0.4, 0.5) is 11.5 Å². The van der Waals surface area contributed by atoms with Gasteiger partial charge in [-0.2, -0.15) is 5.10 Å². The van der Waals surface area contributed by atoms with Gasteiger partial charge in [0.05, 0.1) is 15.1 Å². The van der Waals surface area contributed by atoms with Gasteiger partial charge in [0, 0.05) is 6.07 Å². The lowest BCUT2D eigenvalue weighted by atomic mass is 10.1. The number of nitro groups is 1. The van der Waals surface area contributed by atoms with Gasteiger partial charge in [0.1, 0.15) is 11.5 Å². The fraction of sp³-hybridized carbons (Fsp3) is 0.250. The van der Waals surface area contributed by atoms with Crippen molar-refractivity contribution >= 4 is 27.4 Å². The van der Waals surface area contributed by atoms with Crippen LogP contribution >= 0.6 is 15.9 Å². The molecule has 0 bridgehead atoms. The number of halogens is 1. The summed E-state index contributed by atoms with van der Waals surface area (Å²) in [5, 5.41) is 15.4. The Balaban J connectivity index is 2.66. The molecule has 19 heavy (non-hydrogen) atoms. The van der Waals surface area contributed by atoms with Crippen molar-refractivity contribution < 1.29 is 4.92 Å². The topological polar surface area (TPSA) is 87.0 Å². The van der Waals surface area contributed by atoms with Gasteiger partial charge in [-0.15, -0.1) is 0 Å². The molecule has 2 rings (SSSR count). The molecule has 0 saturated carbocycles. The predicted molar refractivity (Wildman–Crippen MR) is 76.4 cm³/mol. The monoisotopic (exact) mass is 324 g/mol. The molecule has 1 heterocycles. The van der Waals surface area contributed by atoms with Gasteiger partial charge in [-0.05, 0) is 27.9 Å². The van der Waals surface area contributed by atoms with E-state index in [0.717, 1.165) is 5.69 Å². The van der Waals surface area contributed by atoms with E-state index >= 15 is 0 Å². The lowest BCUT2D eigenvalue weighted by Gasteiger charge is -2.04. The summed E-state index contributed by atoms with van der Waals surface area (Å²) in [6, 6.07) is 6.38. The fourth-order valence-corrected chi connectivity index (χ4v) is 2.48. The summed E-state index contributed by atoms with van der Waals surface area (Å²) >= 11 is 3.38. The predicted octanol–water partition coefficient (Wildman–Crippen LogP) is 3.25. The molecule has 0 unspecified atom stereocenters. The maximum Gasteiger partial charge on any atom is 0.294 e. The van der Waals surface area contributed by atoms with E-state index in [2.05, 4.69) is 21.0 Å². The number of nitro benzene ring substituents is 1. The van der Waals surface area contributed by atoms with Gasteiger partial charge in [0.15, 0.2) is 0 Å². The van der Waals surface area contributed by atoms with Gasteiger partial charge in [-0.1, -0.05) is 26.0 Å². The summed E-state index contributed by atoms with van der Waals surface area (Å²) in [5.41, 5.74) is 7.08. The van der Waals surface area contributed by atoms with E-state index in [4.69, 9.17) is 5.73 Å². The second-order valence-corrected chi connectivity index (χ2v) is 5.19. The van der Waals surface area contributed by atoms with E-state index in [1.54, 1.807) is 18.2 Å². The molecule has 100 valence electrons. The highest BCUT2D eigenvalue weighted by atomic mass is 79.9. The van der Waals surface area contributed by atoms with Crippen molar-refractivity contribution in [2.24, 2.45) is 0 Å². The van der Waals surface area contributed by atoms with Gasteiger partial charge in [0.25, 0.3) is 5.69 Å². The van der Waals surface area contributed by atoms with E-state index in [1.165, 1.54) is 10.7 Å². The summed E-state index contributed by atoms with van der Waals surface area (Å²) in [6.07, 6.45) is 0. The molecule has 2 N–H and O–H groups in total. The minimum atomic E-state index is -0.445. The Morgan fingerprint density at radius 1 is 1.42 bits per heavy atom. The summed E-state index contributed by atoms with van der Waals surface area (Å²) in [6.45, 7) is 3.96. The zero-order valence-electron chi connectivity index (χ0n) is 10.5. The average Bonchev–Trinajstić information content (AvgIpc) is 2.66. The quantitative estimate of drug-likeness (QED) is 0.693. The number of nitrogen functional groups attached to an aromatic ring is 1. The third-order valence-electron chi connectivity index (χ3n) is 2.74. The minimum Gasteiger partial charge on any atom is -0.383 e. The molecule has 0 fully saturated rings. The Morgan fingerprint density at radius 3 is 2.58 bits per heavy atom. The number of hydrogen-bond acceptors (Lipinski definition) is 4. The fourth-order valence-electron chi connectivity index (χ4n) is 1.78. The molecule has 1 aromatic carbocycles. The van der Waals surface area contributed by atoms with Crippen LogP contribution in [-0.4, -0.2) is 14.7 Å². The largest absolute Gasteiger partial charge is 0.383 e. The Labute approximate surface area is 118 Å². The van der Waals surface area contributed by atoms with Gasteiger partial charge in [0.2, 0.25) is 0 Å². The summed E-state index contributed by atoms with van der Waals surface area (Å²) in [5.74, 6) is 0.527. The first-order chi connectivity index (χ1) is 8.93. The smallest absolute Gasteiger partial charge is 0.294 e. The molecule has 2 aromatic rings. The molecule has 0 aliphatic carbocycles. The Morgan fingerprint density at radius 2 is 2.05 bits per heavy atom. The van der Waals surface area contributed by atoms with Crippen molar-refractivity contribution in [1.82, 2.24) is 9.78 Å². The Kier molecular flexibility index (Phi) is 3.57. The van der Waals surface area contributed by atoms with E-state index < -0.39 is 4.92 Å². The SMILES string of the molecule is CC(C)c1nn(-c2ccccc2[N+](=O)[O-])c(N)c1Br. The zero-order chi connectivity index (χ0) is 14.2. The number of benzene rings is 1. The Hall–Kier alpha value is -1.89. The number of nitrogens with zero attached hydrogens (tertiary/aromatic N) is 3. The zero-order valence-corrected chi connectivity index (χ0v) is 12.1. The summed E-state index contributed by atoms with van der Waals surface area (Å²) in [4.78, 5) is 10.6. The lowest BCUT2D eigenvalue weighted by molar-refractivity contribution is -0.384. The number of aromatic nitrogens is 2. The maximum atomic E-state index is 11.0. The van der Waals surface area contributed by atoms with Crippen LogP contribution in [0.25, 0.3) is 5.69 Å². The van der Waals surface area contributed by atoms with Gasteiger partial charge >= 0.3 is 0 Å². The minimum absolute atomic E-state index is 0.0282. The molecule has 1 aromatic heterocycles. The second-order valence-electron chi connectivity index (χ2n) is 4.40. The van der Waals surface area contributed by atoms with E-state index in [1.807, 2.05) is 13.8 Å². The third kappa shape index (κ3) is 2.33. The van der Waals surface area contributed by atoms with Crippen LogP contribution in [0.1, 0.15) is 25.5 Å². The molecule has 6 nitrogen and oxygen atoms in total. The number of hydrogen-bond donors (Lipinski definition) is 1. The van der Waals surface area contributed by atoms with Crippen LogP contribution in [0.15, 0.2) is 28.7 Å². The molecule has 0 saturated heterocycles. The first kappa shape index (κ1) is 13.5. The van der Waals surface area contributed by atoms with Crippen LogP contribution in [0.2, 0.25) is 0 Å². The summed E-state index contributed by atoms with van der Waals surface area (Å²) < 4.78 is 2.08. The van der Waals surface area contributed by atoms with Crippen molar-refractivity contribution in [2.45, 2.75) is 19.8 Å². The molecular weight excluding hydrogens is 312 g/mol. The average molecular weight is 325 g/mol. The van der Waals surface area contributed by atoms with Crippen molar-refractivity contribution in [3.05, 3.63) is 44.5 Å². The number of nitrogens with two attached hydrogens (primary N) is 1. The number of para-hydroxylation sites is 2. The van der Waals surface area contributed by atoms with Crippen LogP contribution < -0.4 is 5.73 Å².